The topological polar surface area (TPSA) is 161 Å². The van der Waals surface area contributed by atoms with Crippen molar-refractivity contribution in [1.29, 1.82) is 5.41 Å². The Bertz CT molecular complexity index is 1500. The number of nitrogens with two attached hydrogens (primary N) is 1. The molecule has 2 aromatic heterocycles. The summed E-state index contributed by atoms with van der Waals surface area (Å²) in [5.74, 6) is -1.88. The summed E-state index contributed by atoms with van der Waals surface area (Å²) in [5, 5.41) is 18.3. The summed E-state index contributed by atoms with van der Waals surface area (Å²) in [6.07, 6.45) is 0.729. The summed E-state index contributed by atoms with van der Waals surface area (Å²) < 4.78 is 28.7. The molecular weight excluding hydrogens is 524 g/mol. The second-order valence-corrected chi connectivity index (χ2v) is 13.2. The number of aliphatic carboxylic acids is 1. The van der Waals surface area contributed by atoms with Gasteiger partial charge in [0.2, 0.25) is 0 Å². The zero-order chi connectivity index (χ0) is 25.8. The Kier molecular flexibility index (Phi) is 6.32. The first-order valence-electron chi connectivity index (χ1n) is 11.1. The molecule has 0 bridgehead atoms. The van der Waals surface area contributed by atoms with Gasteiger partial charge in [0, 0.05) is 54.3 Å². The number of amidine groups is 1. The summed E-state index contributed by atoms with van der Waals surface area (Å²) in [4.78, 5) is 34.2. The van der Waals surface area contributed by atoms with Crippen LogP contribution in [0.1, 0.15) is 25.9 Å². The van der Waals surface area contributed by atoms with Crippen molar-refractivity contribution in [3.63, 3.8) is 0 Å². The number of carboxylic acid groups (broad SMARTS) is 1. The molecule has 0 saturated carbocycles. The number of thiophene rings is 1. The van der Waals surface area contributed by atoms with E-state index >= 15 is 0 Å². The Hall–Kier alpha value is -2.91. The van der Waals surface area contributed by atoms with Crippen molar-refractivity contribution in [3.8, 4) is 0 Å². The third-order valence-corrected chi connectivity index (χ3v) is 10.9. The van der Waals surface area contributed by atoms with E-state index in [-0.39, 0.29) is 34.7 Å². The van der Waals surface area contributed by atoms with Gasteiger partial charge in [-0.15, -0.1) is 22.7 Å². The van der Waals surface area contributed by atoms with Crippen molar-refractivity contribution in [2.24, 2.45) is 5.73 Å². The molecule has 1 unspecified atom stereocenters. The van der Waals surface area contributed by atoms with Gasteiger partial charge in [0.05, 0.1) is 5.69 Å². The quantitative estimate of drug-likeness (QED) is 0.317. The minimum Gasteiger partial charge on any atom is -0.480 e. The lowest BCUT2D eigenvalue weighted by molar-refractivity contribution is -0.143. The first-order valence-corrected chi connectivity index (χ1v) is 14.2. The van der Waals surface area contributed by atoms with Crippen LogP contribution in [0.4, 0.5) is 0 Å². The number of nitrogen functional groups attached to an aromatic ring is 1. The molecular formula is C22H24N6O5S3. The molecule has 11 nitrogen and oxygen atoms in total. The lowest BCUT2D eigenvalue weighted by atomic mass is 10.1. The highest BCUT2D eigenvalue weighted by atomic mass is 32.2. The molecule has 190 valence electrons. The molecule has 14 heteroatoms. The molecule has 1 amide bonds. The number of amides is 1. The molecule has 5 rings (SSSR count). The molecule has 0 radical (unpaired) electrons. The Morgan fingerprint density at radius 3 is 2.69 bits per heavy atom. The Morgan fingerprint density at radius 2 is 1.97 bits per heavy atom. The monoisotopic (exact) mass is 548 g/mol. The van der Waals surface area contributed by atoms with Gasteiger partial charge < -0.3 is 20.6 Å². The van der Waals surface area contributed by atoms with Crippen molar-refractivity contribution in [3.05, 3.63) is 45.4 Å². The van der Waals surface area contributed by atoms with E-state index < -0.39 is 27.9 Å². The van der Waals surface area contributed by atoms with Gasteiger partial charge in [-0.25, -0.2) is 18.2 Å². The van der Waals surface area contributed by atoms with E-state index in [1.54, 1.807) is 18.2 Å². The maximum Gasteiger partial charge on any atom is 0.327 e. The number of sulfonamides is 1. The summed E-state index contributed by atoms with van der Waals surface area (Å²) in [5.41, 5.74) is 6.89. The molecule has 0 spiro atoms. The molecule has 1 atom stereocenters. The molecule has 36 heavy (non-hydrogen) atoms. The normalized spacial score (nSPS) is 19.4. The van der Waals surface area contributed by atoms with Crippen LogP contribution in [0.3, 0.4) is 0 Å². The number of carboxylic acids is 1. The van der Waals surface area contributed by atoms with Crippen LogP contribution in [0.25, 0.3) is 10.1 Å². The number of rotatable bonds is 5. The largest absolute Gasteiger partial charge is 0.480 e. The van der Waals surface area contributed by atoms with Crippen molar-refractivity contribution in [1.82, 2.24) is 19.1 Å². The molecule has 2 aliphatic rings. The summed E-state index contributed by atoms with van der Waals surface area (Å²) in [6.45, 7) is 1.09. The van der Waals surface area contributed by atoms with Gasteiger partial charge in [-0.2, -0.15) is 4.31 Å². The lowest BCUT2D eigenvalue weighted by Crippen LogP contribution is -2.59. The van der Waals surface area contributed by atoms with E-state index in [9.17, 15) is 23.1 Å². The molecule has 1 fully saturated rings. The zero-order valence-electron chi connectivity index (χ0n) is 19.3. The summed E-state index contributed by atoms with van der Waals surface area (Å²) in [6, 6.07) is 5.18. The van der Waals surface area contributed by atoms with Crippen LogP contribution in [0.15, 0.2) is 28.5 Å². The van der Waals surface area contributed by atoms with Gasteiger partial charge >= 0.3 is 5.97 Å². The molecule has 3 aromatic rings. The standard InChI is InChI=1S/C22H24N6O5S3/c1-26-5-4-14-17(11-26)35-20(25-14)21(29)28-7-6-27(10-15(28)22(30)31)36(32,33)18-9-13-8-12(19(23)24)2-3-16(13)34-18/h2-3,8-9,15H,4-7,10-11H2,1H3,(H3,23,24)(H,30,31). The number of carbonyl (C=O) groups is 2. The minimum atomic E-state index is -4.00. The van der Waals surface area contributed by atoms with E-state index in [4.69, 9.17) is 11.1 Å². The second-order valence-electron chi connectivity index (χ2n) is 8.82. The van der Waals surface area contributed by atoms with Crippen molar-refractivity contribution in [2.75, 3.05) is 33.2 Å². The van der Waals surface area contributed by atoms with Gasteiger partial charge in [0.1, 0.15) is 16.1 Å². The highest BCUT2D eigenvalue weighted by Gasteiger charge is 2.41. The molecule has 2 aliphatic heterocycles. The van der Waals surface area contributed by atoms with E-state index in [1.807, 2.05) is 7.05 Å². The highest BCUT2D eigenvalue weighted by molar-refractivity contribution is 7.91. The number of fused-ring (bicyclic) bond motifs is 2. The lowest BCUT2D eigenvalue weighted by Gasteiger charge is -2.37. The predicted octanol–water partition coefficient (Wildman–Crippen LogP) is 1.23. The van der Waals surface area contributed by atoms with Crippen LogP contribution in [-0.2, 0) is 27.8 Å². The number of aromatic nitrogens is 1. The van der Waals surface area contributed by atoms with Crippen LogP contribution in [0.5, 0.6) is 0 Å². The second kappa shape index (κ2) is 9.19. The van der Waals surface area contributed by atoms with E-state index in [1.165, 1.54) is 22.3 Å². The number of hydrogen-bond acceptors (Lipinski definition) is 9. The molecule has 0 aliphatic carbocycles. The number of hydrogen-bond donors (Lipinski definition) is 3. The fourth-order valence-corrected chi connectivity index (χ4v) is 8.52. The van der Waals surface area contributed by atoms with Gasteiger partial charge in [-0.05, 0) is 36.7 Å². The number of nitrogens with zero attached hydrogens (tertiary/aromatic N) is 4. The first kappa shape index (κ1) is 24.8. The van der Waals surface area contributed by atoms with Crippen molar-refractivity contribution < 1.29 is 23.1 Å². The minimum absolute atomic E-state index is 0.0291. The van der Waals surface area contributed by atoms with Gasteiger partial charge in [0.25, 0.3) is 15.9 Å². The van der Waals surface area contributed by atoms with Crippen molar-refractivity contribution >= 4 is 60.5 Å². The number of likely N-dealkylation sites (N-methyl/N-ethyl adjacent to an activating group) is 1. The van der Waals surface area contributed by atoms with Crippen LogP contribution < -0.4 is 5.73 Å². The fourth-order valence-electron chi connectivity index (χ4n) is 4.41. The van der Waals surface area contributed by atoms with Crippen LogP contribution in [-0.4, -0.2) is 89.6 Å². The Balaban J connectivity index is 1.38. The average molecular weight is 549 g/mol. The number of benzene rings is 1. The third-order valence-electron chi connectivity index (χ3n) is 6.39. The SMILES string of the molecule is CN1CCc2nc(C(=O)N3CCN(S(=O)(=O)c4cc5cc(C(=N)N)ccc5s4)CC3C(=O)O)sc2C1. The van der Waals surface area contributed by atoms with E-state index in [0.29, 0.717) is 22.2 Å². The molecule has 4 heterocycles. The molecule has 1 aromatic carbocycles. The van der Waals surface area contributed by atoms with Gasteiger partial charge in [-0.1, -0.05) is 0 Å². The maximum absolute atomic E-state index is 13.4. The maximum atomic E-state index is 13.4. The zero-order valence-corrected chi connectivity index (χ0v) is 21.8. The van der Waals surface area contributed by atoms with Crippen LogP contribution >= 0.6 is 22.7 Å². The number of piperazine rings is 1. The Morgan fingerprint density at radius 1 is 1.19 bits per heavy atom. The first-order chi connectivity index (χ1) is 17.0. The number of carbonyl (C=O) groups excluding carboxylic acids is 1. The molecule has 1 saturated heterocycles. The summed E-state index contributed by atoms with van der Waals surface area (Å²) in [7, 11) is -2.01. The van der Waals surface area contributed by atoms with E-state index in [0.717, 1.165) is 39.2 Å². The third kappa shape index (κ3) is 4.39. The predicted molar refractivity (Wildman–Crippen MR) is 136 cm³/mol. The van der Waals surface area contributed by atoms with E-state index in [2.05, 4.69) is 9.88 Å². The fraction of sp³-hybridized carbons (Fsp3) is 0.364. The van der Waals surface area contributed by atoms with Gasteiger partial charge in [0.15, 0.2) is 5.01 Å². The van der Waals surface area contributed by atoms with Crippen molar-refractivity contribution in [2.45, 2.75) is 23.2 Å². The Labute approximate surface area is 215 Å². The van der Waals surface area contributed by atoms with Crippen LogP contribution in [0, 0.1) is 5.41 Å². The summed E-state index contributed by atoms with van der Waals surface area (Å²) >= 11 is 2.34. The van der Waals surface area contributed by atoms with Crippen LogP contribution in [0.2, 0.25) is 0 Å². The smallest absolute Gasteiger partial charge is 0.327 e. The molecule has 4 N–H and O–H groups in total. The highest BCUT2D eigenvalue weighted by Crippen LogP contribution is 2.33. The number of thiazole rings is 1. The average Bonchev–Trinajstić information content (AvgIpc) is 3.46. The number of nitrogens with one attached hydrogen (secondary N) is 1. The van der Waals surface area contributed by atoms with Gasteiger partial charge in [-0.3, -0.25) is 10.2 Å².